The number of nitrogens with zero attached hydrogens (tertiary/aromatic N) is 2. The molecule has 0 saturated carbocycles. The summed E-state index contributed by atoms with van der Waals surface area (Å²) in [5.41, 5.74) is 2.20. The first-order valence-corrected chi connectivity index (χ1v) is 7.41. The smallest absolute Gasteiger partial charge is 0.195 e. The van der Waals surface area contributed by atoms with E-state index < -0.39 is 0 Å². The van der Waals surface area contributed by atoms with Gasteiger partial charge in [0.1, 0.15) is 0 Å². The highest BCUT2D eigenvalue weighted by Gasteiger charge is 2.13. The van der Waals surface area contributed by atoms with Crippen molar-refractivity contribution in [2.75, 3.05) is 0 Å². The highest BCUT2D eigenvalue weighted by molar-refractivity contribution is 7.17. The molecule has 3 heterocycles. The SMILES string of the molecule is O=C(c1cnc2ccsc2c1)c1cccc2ccncc12. The lowest BCUT2D eigenvalue weighted by Crippen LogP contribution is -2.02. The van der Waals surface area contributed by atoms with Crippen molar-refractivity contribution < 1.29 is 4.79 Å². The second kappa shape index (κ2) is 4.75. The van der Waals surface area contributed by atoms with E-state index in [1.807, 2.05) is 41.8 Å². The minimum absolute atomic E-state index is 0.0172. The van der Waals surface area contributed by atoms with Crippen LogP contribution in [0.25, 0.3) is 21.0 Å². The number of thiophene rings is 1. The van der Waals surface area contributed by atoms with Crippen LogP contribution in [-0.4, -0.2) is 15.8 Å². The van der Waals surface area contributed by atoms with Gasteiger partial charge in [0, 0.05) is 35.1 Å². The van der Waals surface area contributed by atoms with E-state index in [-0.39, 0.29) is 5.78 Å². The molecule has 21 heavy (non-hydrogen) atoms. The molecule has 4 rings (SSSR count). The molecule has 1 aromatic carbocycles. The number of hydrogen-bond donors (Lipinski definition) is 0. The van der Waals surface area contributed by atoms with Crippen molar-refractivity contribution >= 4 is 38.1 Å². The van der Waals surface area contributed by atoms with E-state index in [1.54, 1.807) is 29.9 Å². The molecule has 3 nitrogen and oxygen atoms in total. The Labute approximate surface area is 124 Å². The average Bonchev–Trinajstić information content (AvgIpc) is 3.01. The van der Waals surface area contributed by atoms with Crippen molar-refractivity contribution in [2.24, 2.45) is 0 Å². The standard InChI is InChI=1S/C17H10N2OS/c20-17(12-8-16-15(19-9-12)5-7-21-16)13-3-1-2-11-4-6-18-10-14(11)13/h1-10H. The Bertz CT molecular complexity index is 969. The van der Waals surface area contributed by atoms with Crippen LogP contribution in [-0.2, 0) is 0 Å². The third-order valence-corrected chi connectivity index (χ3v) is 4.35. The van der Waals surface area contributed by atoms with Gasteiger partial charge in [0.25, 0.3) is 0 Å². The number of ketones is 1. The molecule has 4 aromatic rings. The fraction of sp³-hybridized carbons (Fsp3) is 0. The van der Waals surface area contributed by atoms with Crippen LogP contribution in [0.2, 0.25) is 0 Å². The van der Waals surface area contributed by atoms with Gasteiger partial charge in [-0.25, -0.2) is 0 Å². The fourth-order valence-electron chi connectivity index (χ4n) is 2.44. The second-order valence-electron chi connectivity index (χ2n) is 4.76. The molecule has 0 saturated heterocycles. The topological polar surface area (TPSA) is 42.9 Å². The Balaban J connectivity index is 1.89. The third kappa shape index (κ3) is 2.00. The van der Waals surface area contributed by atoms with Gasteiger partial charge in [-0.05, 0) is 29.0 Å². The van der Waals surface area contributed by atoms with Crippen molar-refractivity contribution in [1.82, 2.24) is 9.97 Å². The van der Waals surface area contributed by atoms with Crippen LogP contribution >= 0.6 is 11.3 Å². The normalized spacial score (nSPS) is 11.0. The summed E-state index contributed by atoms with van der Waals surface area (Å²) < 4.78 is 1.03. The van der Waals surface area contributed by atoms with Crippen molar-refractivity contribution in [3.05, 3.63) is 71.5 Å². The molecule has 4 heteroatoms. The van der Waals surface area contributed by atoms with Crippen molar-refractivity contribution in [2.45, 2.75) is 0 Å². The molecular weight excluding hydrogens is 280 g/mol. The summed E-state index contributed by atoms with van der Waals surface area (Å²) in [6.45, 7) is 0. The zero-order valence-corrected chi connectivity index (χ0v) is 11.8. The van der Waals surface area contributed by atoms with Crippen LogP contribution < -0.4 is 0 Å². The molecule has 0 amide bonds. The van der Waals surface area contributed by atoms with Gasteiger partial charge >= 0.3 is 0 Å². The Morgan fingerprint density at radius 3 is 3.00 bits per heavy atom. The first kappa shape index (κ1) is 12.2. The van der Waals surface area contributed by atoms with Gasteiger partial charge in [-0.1, -0.05) is 18.2 Å². The van der Waals surface area contributed by atoms with Gasteiger partial charge in [0.05, 0.1) is 10.2 Å². The zero-order valence-electron chi connectivity index (χ0n) is 11.0. The average molecular weight is 290 g/mol. The summed E-state index contributed by atoms with van der Waals surface area (Å²) in [6.07, 6.45) is 5.11. The number of hydrogen-bond acceptors (Lipinski definition) is 4. The largest absolute Gasteiger partial charge is 0.289 e. The lowest BCUT2D eigenvalue weighted by molar-refractivity contribution is 0.104. The molecule has 0 spiro atoms. The maximum Gasteiger partial charge on any atom is 0.195 e. The van der Waals surface area contributed by atoms with E-state index in [1.165, 1.54) is 0 Å². The Morgan fingerprint density at radius 2 is 2.05 bits per heavy atom. The van der Waals surface area contributed by atoms with Crippen LogP contribution in [0.4, 0.5) is 0 Å². The summed E-state index contributed by atoms with van der Waals surface area (Å²) in [7, 11) is 0. The van der Waals surface area contributed by atoms with Crippen molar-refractivity contribution in [1.29, 1.82) is 0 Å². The lowest BCUT2D eigenvalue weighted by Gasteiger charge is -2.05. The summed E-state index contributed by atoms with van der Waals surface area (Å²) in [4.78, 5) is 21.2. The molecular formula is C17H10N2OS. The van der Waals surface area contributed by atoms with Gasteiger partial charge in [0.15, 0.2) is 5.78 Å². The van der Waals surface area contributed by atoms with Gasteiger partial charge in [-0.3, -0.25) is 14.8 Å². The first-order valence-electron chi connectivity index (χ1n) is 6.53. The molecule has 3 aromatic heterocycles. The quantitative estimate of drug-likeness (QED) is 0.522. The monoisotopic (exact) mass is 290 g/mol. The molecule has 0 N–H and O–H groups in total. The highest BCUT2D eigenvalue weighted by atomic mass is 32.1. The fourth-order valence-corrected chi connectivity index (χ4v) is 3.22. The third-order valence-electron chi connectivity index (χ3n) is 3.49. The minimum atomic E-state index is -0.0172. The molecule has 0 aliphatic heterocycles. The van der Waals surface area contributed by atoms with Gasteiger partial charge in [-0.2, -0.15) is 0 Å². The van der Waals surface area contributed by atoms with E-state index >= 15 is 0 Å². The maximum atomic E-state index is 12.8. The molecule has 0 unspecified atom stereocenters. The van der Waals surface area contributed by atoms with E-state index in [9.17, 15) is 4.79 Å². The number of carbonyl (C=O) groups is 1. The highest BCUT2D eigenvalue weighted by Crippen LogP contribution is 2.24. The number of aromatic nitrogens is 2. The van der Waals surface area contributed by atoms with E-state index in [0.717, 1.165) is 21.0 Å². The number of pyridine rings is 2. The van der Waals surface area contributed by atoms with E-state index in [0.29, 0.717) is 11.1 Å². The molecule has 0 aliphatic carbocycles. The maximum absolute atomic E-state index is 12.8. The Hall–Kier alpha value is -2.59. The lowest BCUT2D eigenvalue weighted by atomic mass is 9.99. The summed E-state index contributed by atoms with van der Waals surface area (Å²) in [5.74, 6) is -0.0172. The molecule has 100 valence electrons. The molecule has 0 radical (unpaired) electrons. The molecule has 0 aliphatic rings. The van der Waals surface area contributed by atoms with Gasteiger partial charge in [-0.15, -0.1) is 11.3 Å². The van der Waals surface area contributed by atoms with Gasteiger partial charge in [0.2, 0.25) is 0 Å². The predicted octanol–water partition coefficient (Wildman–Crippen LogP) is 4.08. The number of rotatable bonds is 2. The van der Waals surface area contributed by atoms with Crippen LogP contribution in [0.3, 0.4) is 0 Å². The van der Waals surface area contributed by atoms with Crippen molar-refractivity contribution in [3.8, 4) is 0 Å². The molecule has 0 atom stereocenters. The van der Waals surface area contributed by atoms with Crippen LogP contribution in [0.5, 0.6) is 0 Å². The number of carbonyl (C=O) groups excluding carboxylic acids is 1. The molecule has 0 bridgehead atoms. The number of fused-ring (bicyclic) bond motifs is 2. The Kier molecular flexibility index (Phi) is 2.75. The number of benzene rings is 1. The second-order valence-corrected chi connectivity index (χ2v) is 5.71. The molecule has 0 fully saturated rings. The van der Waals surface area contributed by atoms with E-state index in [4.69, 9.17) is 0 Å². The summed E-state index contributed by atoms with van der Waals surface area (Å²) in [6, 6.07) is 11.5. The van der Waals surface area contributed by atoms with Crippen LogP contribution in [0.15, 0.2) is 60.4 Å². The van der Waals surface area contributed by atoms with Gasteiger partial charge < -0.3 is 0 Å². The summed E-state index contributed by atoms with van der Waals surface area (Å²) >= 11 is 1.59. The summed E-state index contributed by atoms with van der Waals surface area (Å²) in [5, 5.41) is 3.87. The predicted molar refractivity (Wildman–Crippen MR) is 84.8 cm³/mol. The van der Waals surface area contributed by atoms with E-state index in [2.05, 4.69) is 9.97 Å². The first-order chi connectivity index (χ1) is 10.3. The van der Waals surface area contributed by atoms with Crippen LogP contribution in [0.1, 0.15) is 15.9 Å². The van der Waals surface area contributed by atoms with Crippen LogP contribution in [0, 0.1) is 0 Å². The zero-order chi connectivity index (χ0) is 14.2. The minimum Gasteiger partial charge on any atom is -0.289 e. The van der Waals surface area contributed by atoms with Crippen molar-refractivity contribution in [3.63, 3.8) is 0 Å². The Morgan fingerprint density at radius 1 is 1.10 bits per heavy atom.